The average molecular weight is 418 g/mol. The summed E-state index contributed by atoms with van der Waals surface area (Å²) in [6.07, 6.45) is 4.73. The van der Waals surface area contributed by atoms with Gasteiger partial charge in [0, 0.05) is 18.7 Å². The average Bonchev–Trinajstić information content (AvgIpc) is 2.64. The van der Waals surface area contributed by atoms with E-state index in [-0.39, 0.29) is 6.04 Å². The van der Waals surface area contributed by atoms with Crippen LogP contribution in [-0.2, 0) is 14.3 Å². The summed E-state index contributed by atoms with van der Waals surface area (Å²) in [7, 11) is 1.42. The highest BCUT2D eigenvalue weighted by atomic mass is 16.6. The topological polar surface area (TPSA) is 108 Å². The standard InChI is InChI=1S/C22H31N3O5/c1-8-15-11-9-10-12-16(15)18(19(27)23-14(2)3)25(7)20(28)17(13-26)24-21(29)30-22(4,5)6/h1,9-12,14,17-18,26H,13H2,2-7H3,(H,23,27)(H,24,29). The number of aliphatic hydroxyl groups excluding tert-OH is 1. The van der Waals surface area contributed by atoms with Gasteiger partial charge in [0.15, 0.2) is 0 Å². The third-order valence-corrected chi connectivity index (χ3v) is 4.00. The summed E-state index contributed by atoms with van der Waals surface area (Å²) >= 11 is 0. The normalized spacial score (nSPS) is 13.0. The molecule has 0 heterocycles. The van der Waals surface area contributed by atoms with Crippen LogP contribution in [0.1, 0.15) is 51.8 Å². The van der Waals surface area contributed by atoms with E-state index >= 15 is 0 Å². The van der Waals surface area contributed by atoms with E-state index in [4.69, 9.17) is 11.2 Å². The Morgan fingerprint density at radius 2 is 1.80 bits per heavy atom. The number of rotatable bonds is 7. The minimum absolute atomic E-state index is 0.171. The van der Waals surface area contributed by atoms with Crippen LogP contribution < -0.4 is 10.6 Å². The lowest BCUT2D eigenvalue weighted by molar-refractivity contribution is -0.141. The van der Waals surface area contributed by atoms with E-state index in [1.165, 1.54) is 7.05 Å². The van der Waals surface area contributed by atoms with Crippen LogP contribution in [0.5, 0.6) is 0 Å². The van der Waals surface area contributed by atoms with Crippen molar-refractivity contribution in [2.75, 3.05) is 13.7 Å². The number of aliphatic hydroxyl groups is 1. The number of alkyl carbamates (subject to hydrolysis) is 1. The number of hydrogen-bond acceptors (Lipinski definition) is 5. The zero-order valence-corrected chi connectivity index (χ0v) is 18.4. The lowest BCUT2D eigenvalue weighted by Crippen LogP contribution is -2.53. The first-order valence-electron chi connectivity index (χ1n) is 9.64. The van der Waals surface area contributed by atoms with Gasteiger partial charge in [0.25, 0.3) is 0 Å². The van der Waals surface area contributed by atoms with Gasteiger partial charge in [-0.05, 0) is 46.2 Å². The highest BCUT2D eigenvalue weighted by Gasteiger charge is 2.34. The largest absolute Gasteiger partial charge is 0.444 e. The van der Waals surface area contributed by atoms with Gasteiger partial charge in [0.05, 0.1) is 6.61 Å². The fraction of sp³-hybridized carbons (Fsp3) is 0.500. The summed E-state index contributed by atoms with van der Waals surface area (Å²) in [4.78, 5) is 39.2. The number of nitrogens with one attached hydrogen (secondary N) is 2. The number of amides is 3. The predicted octanol–water partition coefficient (Wildman–Crippen LogP) is 1.58. The molecule has 2 atom stereocenters. The van der Waals surface area contributed by atoms with Crippen molar-refractivity contribution in [3.63, 3.8) is 0 Å². The van der Waals surface area contributed by atoms with E-state index in [2.05, 4.69) is 16.6 Å². The van der Waals surface area contributed by atoms with Crippen molar-refractivity contribution in [2.45, 2.75) is 58.3 Å². The summed E-state index contributed by atoms with van der Waals surface area (Å²) in [5, 5.41) is 14.8. The number of nitrogens with zero attached hydrogens (tertiary/aromatic N) is 1. The predicted molar refractivity (Wildman–Crippen MR) is 113 cm³/mol. The number of terminal acetylenes is 1. The summed E-state index contributed by atoms with van der Waals surface area (Å²) in [5.41, 5.74) is 0.148. The lowest BCUT2D eigenvalue weighted by Gasteiger charge is -2.32. The lowest BCUT2D eigenvalue weighted by atomic mass is 9.98. The molecule has 0 aliphatic rings. The minimum atomic E-state index is -1.29. The Labute approximate surface area is 178 Å². The number of likely N-dealkylation sites (N-methyl/N-ethyl adjacent to an activating group) is 1. The summed E-state index contributed by atoms with van der Waals surface area (Å²) in [5.74, 6) is 1.42. The van der Waals surface area contributed by atoms with Crippen LogP contribution in [0.15, 0.2) is 24.3 Å². The second-order valence-corrected chi connectivity index (χ2v) is 8.13. The third-order valence-electron chi connectivity index (χ3n) is 4.00. The Morgan fingerprint density at radius 3 is 2.30 bits per heavy atom. The van der Waals surface area contributed by atoms with E-state index in [1.54, 1.807) is 58.9 Å². The van der Waals surface area contributed by atoms with Crippen LogP contribution in [0.4, 0.5) is 4.79 Å². The quantitative estimate of drug-likeness (QED) is 0.584. The molecule has 0 bridgehead atoms. The molecule has 0 saturated carbocycles. The van der Waals surface area contributed by atoms with E-state index < -0.39 is 42.2 Å². The molecular formula is C22H31N3O5. The molecule has 30 heavy (non-hydrogen) atoms. The highest BCUT2D eigenvalue weighted by Crippen LogP contribution is 2.24. The van der Waals surface area contributed by atoms with Crippen molar-refractivity contribution < 1.29 is 24.2 Å². The first-order valence-corrected chi connectivity index (χ1v) is 9.64. The van der Waals surface area contributed by atoms with Crippen molar-refractivity contribution in [1.29, 1.82) is 0 Å². The van der Waals surface area contributed by atoms with Gasteiger partial charge in [-0.15, -0.1) is 6.42 Å². The minimum Gasteiger partial charge on any atom is -0.444 e. The molecule has 164 valence electrons. The molecular weight excluding hydrogens is 386 g/mol. The van der Waals surface area contributed by atoms with Gasteiger partial charge >= 0.3 is 6.09 Å². The maximum atomic E-state index is 13.0. The van der Waals surface area contributed by atoms with Crippen LogP contribution in [0, 0.1) is 12.3 Å². The Bertz CT molecular complexity index is 808. The number of hydrogen-bond donors (Lipinski definition) is 3. The van der Waals surface area contributed by atoms with Crippen LogP contribution in [0.3, 0.4) is 0 Å². The number of benzene rings is 1. The van der Waals surface area contributed by atoms with Crippen molar-refractivity contribution in [3.05, 3.63) is 35.4 Å². The first kappa shape index (κ1) is 25.0. The molecule has 0 aromatic heterocycles. The van der Waals surface area contributed by atoms with Crippen molar-refractivity contribution in [1.82, 2.24) is 15.5 Å². The monoisotopic (exact) mass is 417 g/mol. The molecule has 1 rings (SSSR count). The first-order chi connectivity index (χ1) is 13.9. The summed E-state index contributed by atoms with van der Waals surface area (Å²) in [6.45, 7) is 7.96. The summed E-state index contributed by atoms with van der Waals surface area (Å²) in [6, 6.07) is 4.27. The van der Waals surface area contributed by atoms with Gasteiger partial charge in [-0.1, -0.05) is 24.1 Å². The van der Waals surface area contributed by atoms with Crippen LogP contribution >= 0.6 is 0 Å². The van der Waals surface area contributed by atoms with Crippen molar-refractivity contribution in [2.24, 2.45) is 0 Å². The molecule has 0 aliphatic carbocycles. The molecule has 0 radical (unpaired) electrons. The molecule has 1 aromatic rings. The second kappa shape index (κ2) is 10.6. The maximum Gasteiger partial charge on any atom is 0.408 e. The highest BCUT2D eigenvalue weighted by molar-refractivity contribution is 5.92. The van der Waals surface area contributed by atoms with Crippen LogP contribution in [0.25, 0.3) is 0 Å². The Balaban J connectivity index is 3.22. The van der Waals surface area contributed by atoms with E-state index in [9.17, 15) is 19.5 Å². The molecule has 1 aromatic carbocycles. The molecule has 2 unspecified atom stereocenters. The SMILES string of the molecule is C#Cc1ccccc1C(C(=O)NC(C)C)N(C)C(=O)C(CO)NC(=O)OC(C)(C)C. The maximum absolute atomic E-state index is 13.0. The zero-order valence-electron chi connectivity index (χ0n) is 18.4. The van der Waals surface area contributed by atoms with Gasteiger partial charge in [0.1, 0.15) is 17.7 Å². The number of carbonyl (C=O) groups excluding carboxylic acids is 3. The van der Waals surface area contributed by atoms with Gasteiger partial charge in [0.2, 0.25) is 11.8 Å². The molecule has 8 nitrogen and oxygen atoms in total. The Kier molecular flexibility index (Phi) is 8.87. The van der Waals surface area contributed by atoms with Crippen molar-refractivity contribution >= 4 is 17.9 Å². The van der Waals surface area contributed by atoms with Crippen LogP contribution in [0.2, 0.25) is 0 Å². The Hall–Kier alpha value is -3.05. The Morgan fingerprint density at radius 1 is 1.20 bits per heavy atom. The van der Waals surface area contributed by atoms with Crippen LogP contribution in [-0.4, -0.2) is 59.3 Å². The van der Waals surface area contributed by atoms with Gasteiger partial charge < -0.3 is 25.4 Å². The molecule has 8 heteroatoms. The fourth-order valence-corrected chi connectivity index (χ4v) is 2.76. The third kappa shape index (κ3) is 7.08. The molecule has 0 aliphatic heterocycles. The molecule has 0 fully saturated rings. The van der Waals surface area contributed by atoms with E-state index in [1.807, 2.05) is 0 Å². The van der Waals surface area contributed by atoms with Gasteiger partial charge in [-0.25, -0.2) is 4.79 Å². The second-order valence-electron chi connectivity index (χ2n) is 8.13. The molecule has 0 saturated heterocycles. The molecule has 3 N–H and O–H groups in total. The van der Waals surface area contributed by atoms with Gasteiger partial charge in [-0.3, -0.25) is 9.59 Å². The fourth-order valence-electron chi connectivity index (χ4n) is 2.76. The smallest absolute Gasteiger partial charge is 0.408 e. The summed E-state index contributed by atoms with van der Waals surface area (Å²) < 4.78 is 5.14. The number of ether oxygens (including phenoxy) is 1. The molecule has 0 spiro atoms. The van der Waals surface area contributed by atoms with Crippen molar-refractivity contribution in [3.8, 4) is 12.3 Å². The number of carbonyl (C=O) groups is 3. The molecule has 3 amide bonds. The zero-order chi connectivity index (χ0) is 23.1. The van der Waals surface area contributed by atoms with E-state index in [0.717, 1.165) is 4.90 Å². The van der Waals surface area contributed by atoms with Gasteiger partial charge in [-0.2, -0.15) is 0 Å². The van der Waals surface area contributed by atoms with E-state index in [0.29, 0.717) is 11.1 Å².